The number of aromatic nitrogens is 3. The van der Waals surface area contributed by atoms with E-state index >= 15 is 0 Å². The van der Waals surface area contributed by atoms with E-state index in [2.05, 4.69) is 38.4 Å². The highest BCUT2D eigenvalue weighted by atomic mass is 79.9. The van der Waals surface area contributed by atoms with Crippen LogP contribution in [0, 0.1) is 0 Å². The van der Waals surface area contributed by atoms with Gasteiger partial charge < -0.3 is 4.90 Å². The summed E-state index contributed by atoms with van der Waals surface area (Å²) in [6.45, 7) is 3.76. The number of halogens is 1. The van der Waals surface area contributed by atoms with Crippen molar-refractivity contribution in [2.24, 2.45) is 0 Å². The number of H-pyrrole nitrogens is 1. The Morgan fingerprint density at radius 3 is 2.85 bits per heavy atom. The minimum atomic E-state index is 0. The van der Waals surface area contributed by atoms with Crippen molar-refractivity contribution in [3.8, 4) is 11.3 Å². The van der Waals surface area contributed by atoms with Gasteiger partial charge in [-0.1, -0.05) is 6.07 Å². The third-order valence-corrected chi connectivity index (χ3v) is 4.73. The summed E-state index contributed by atoms with van der Waals surface area (Å²) in [5.41, 5.74) is 3.85. The van der Waals surface area contributed by atoms with Gasteiger partial charge in [-0.05, 0) is 44.0 Å². The first-order valence-electron chi connectivity index (χ1n) is 7.04. The average Bonchev–Trinajstić information content (AvgIpc) is 3.09. The molecule has 2 unspecified atom stereocenters. The highest BCUT2D eigenvalue weighted by Gasteiger charge is 2.42. The molecule has 2 aliphatic heterocycles. The Kier molecular flexibility index (Phi) is 3.65. The lowest BCUT2D eigenvalue weighted by Crippen LogP contribution is -2.36. The van der Waals surface area contributed by atoms with Gasteiger partial charge in [0.2, 0.25) is 0 Å². The lowest BCUT2D eigenvalue weighted by molar-refractivity contribution is 0.243. The van der Waals surface area contributed by atoms with Gasteiger partial charge in [0.05, 0.1) is 11.9 Å². The van der Waals surface area contributed by atoms with Gasteiger partial charge in [-0.15, -0.1) is 17.0 Å². The lowest BCUT2D eigenvalue weighted by Gasteiger charge is -2.34. The number of nitrogens with one attached hydrogen (secondary N) is 1. The molecule has 4 nitrogen and oxygen atoms in total. The van der Waals surface area contributed by atoms with E-state index in [9.17, 15) is 0 Å². The Labute approximate surface area is 129 Å². The van der Waals surface area contributed by atoms with Crippen molar-refractivity contribution in [2.45, 2.75) is 24.7 Å². The molecule has 4 heterocycles. The number of nitrogens with zero attached hydrogens (tertiary/aromatic N) is 3. The van der Waals surface area contributed by atoms with Crippen molar-refractivity contribution in [1.82, 2.24) is 20.1 Å². The van der Waals surface area contributed by atoms with Gasteiger partial charge in [0, 0.05) is 29.9 Å². The van der Waals surface area contributed by atoms with Gasteiger partial charge in [-0.25, -0.2) is 0 Å². The van der Waals surface area contributed by atoms with Gasteiger partial charge >= 0.3 is 0 Å². The number of hydrogen-bond acceptors (Lipinski definition) is 3. The van der Waals surface area contributed by atoms with Crippen molar-refractivity contribution in [3.05, 3.63) is 36.3 Å². The summed E-state index contributed by atoms with van der Waals surface area (Å²) < 4.78 is 0. The Bertz CT molecular complexity index is 562. The Hall–Kier alpha value is -1.20. The lowest BCUT2D eigenvalue weighted by atomic mass is 9.75. The maximum absolute atomic E-state index is 4.63. The molecule has 2 fully saturated rings. The van der Waals surface area contributed by atoms with Crippen LogP contribution >= 0.6 is 17.0 Å². The summed E-state index contributed by atoms with van der Waals surface area (Å²) in [7, 11) is 0. The zero-order valence-corrected chi connectivity index (χ0v) is 13.1. The number of piperidine rings is 1. The van der Waals surface area contributed by atoms with Crippen LogP contribution in [0.4, 0.5) is 0 Å². The van der Waals surface area contributed by atoms with E-state index in [4.69, 9.17) is 0 Å². The van der Waals surface area contributed by atoms with Crippen molar-refractivity contribution in [3.63, 3.8) is 0 Å². The molecule has 20 heavy (non-hydrogen) atoms. The van der Waals surface area contributed by atoms with Crippen LogP contribution in [0.1, 0.15) is 24.8 Å². The van der Waals surface area contributed by atoms with Crippen LogP contribution in [0.5, 0.6) is 0 Å². The smallest absolute Gasteiger partial charge is 0.0733 e. The van der Waals surface area contributed by atoms with E-state index in [-0.39, 0.29) is 17.0 Å². The van der Waals surface area contributed by atoms with Crippen LogP contribution < -0.4 is 0 Å². The zero-order chi connectivity index (χ0) is 12.7. The predicted octanol–water partition coefficient (Wildman–Crippen LogP) is 2.79. The molecule has 2 aromatic rings. The van der Waals surface area contributed by atoms with Crippen LogP contribution in [0.25, 0.3) is 11.3 Å². The Morgan fingerprint density at radius 2 is 2.10 bits per heavy atom. The van der Waals surface area contributed by atoms with Gasteiger partial charge in [0.25, 0.3) is 0 Å². The third-order valence-electron chi connectivity index (χ3n) is 4.73. The van der Waals surface area contributed by atoms with E-state index in [1.165, 1.54) is 44.5 Å². The van der Waals surface area contributed by atoms with Crippen LogP contribution in [0.15, 0.2) is 30.7 Å². The number of aromatic amines is 1. The fraction of sp³-hybridized carbons (Fsp3) is 0.467. The molecule has 2 aliphatic rings. The number of pyridine rings is 1. The predicted molar refractivity (Wildman–Crippen MR) is 84.1 cm³/mol. The molecular weight excluding hydrogens is 316 g/mol. The van der Waals surface area contributed by atoms with E-state index < -0.39 is 0 Å². The Morgan fingerprint density at radius 1 is 1.15 bits per heavy atom. The number of rotatable bonds is 2. The van der Waals surface area contributed by atoms with Crippen molar-refractivity contribution >= 4 is 17.0 Å². The number of hydrogen-bond donors (Lipinski definition) is 1. The molecule has 2 aromatic heterocycles. The summed E-state index contributed by atoms with van der Waals surface area (Å²) in [5.74, 6) is 0. The quantitative estimate of drug-likeness (QED) is 0.918. The molecule has 4 rings (SSSR count). The van der Waals surface area contributed by atoms with E-state index in [0.29, 0.717) is 5.41 Å². The summed E-state index contributed by atoms with van der Waals surface area (Å²) >= 11 is 0. The highest BCUT2D eigenvalue weighted by molar-refractivity contribution is 8.93. The molecule has 1 N–H and O–H groups in total. The molecule has 2 saturated heterocycles. The van der Waals surface area contributed by atoms with Crippen molar-refractivity contribution < 1.29 is 0 Å². The first-order valence-corrected chi connectivity index (χ1v) is 7.04. The molecule has 0 saturated carbocycles. The van der Waals surface area contributed by atoms with Crippen molar-refractivity contribution in [2.75, 3.05) is 19.6 Å². The molecule has 0 aromatic carbocycles. The van der Waals surface area contributed by atoms with Crippen molar-refractivity contribution in [1.29, 1.82) is 0 Å². The molecule has 2 atom stereocenters. The molecular formula is C15H19BrN4. The van der Waals surface area contributed by atoms with Crippen LogP contribution in [0.3, 0.4) is 0 Å². The first-order chi connectivity index (χ1) is 9.36. The van der Waals surface area contributed by atoms with Gasteiger partial charge in [0.15, 0.2) is 0 Å². The fourth-order valence-electron chi connectivity index (χ4n) is 3.64. The molecule has 5 heteroatoms. The van der Waals surface area contributed by atoms with E-state index in [1.807, 2.05) is 12.4 Å². The van der Waals surface area contributed by atoms with Crippen LogP contribution in [0.2, 0.25) is 0 Å². The molecule has 0 spiro atoms. The largest absolute Gasteiger partial charge is 0.302 e. The van der Waals surface area contributed by atoms with Gasteiger partial charge in [0.1, 0.15) is 0 Å². The SMILES string of the molecule is Br.c1n[nH]cc1-c1ccc(C23CCCN(CC2)C3)cn1. The molecule has 0 amide bonds. The second-order valence-electron chi connectivity index (χ2n) is 5.83. The minimum Gasteiger partial charge on any atom is -0.302 e. The molecule has 2 bridgehead atoms. The second-order valence-corrected chi connectivity index (χ2v) is 5.83. The summed E-state index contributed by atoms with van der Waals surface area (Å²) in [5, 5.41) is 6.81. The Balaban J connectivity index is 0.00000121. The monoisotopic (exact) mass is 334 g/mol. The fourth-order valence-corrected chi connectivity index (χ4v) is 3.64. The van der Waals surface area contributed by atoms with Gasteiger partial charge in [-0.2, -0.15) is 5.10 Å². The zero-order valence-electron chi connectivity index (χ0n) is 11.4. The highest BCUT2D eigenvalue weighted by Crippen LogP contribution is 2.41. The topological polar surface area (TPSA) is 44.8 Å². The maximum atomic E-state index is 4.63. The second kappa shape index (κ2) is 5.30. The summed E-state index contributed by atoms with van der Waals surface area (Å²) in [4.78, 5) is 7.22. The maximum Gasteiger partial charge on any atom is 0.0733 e. The standard InChI is InChI=1S/C15H18N4.BrH/c1-4-15(5-7-19(6-1)11-15)13-2-3-14(16-10-13)12-8-17-18-9-12;/h2-3,8-10H,1,4-7,11H2,(H,17,18);1H. The molecule has 106 valence electrons. The molecule has 0 aliphatic carbocycles. The van der Waals surface area contributed by atoms with Crippen LogP contribution in [-0.4, -0.2) is 39.7 Å². The average molecular weight is 335 g/mol. The first kappa shape index (κ1) is 13.8. The number of fused-ring (bicyclic) bond motifs is 2. The summed E-state index contributed by atoms with van der Waals surface area (Å²) in [6, 6.07) is 4.40. The summed E-state index contributed by atoms with van der Waals surface area (Å²) in [6.07, 6.45) is 9.72. The molecule has 0 radical (unpaired) electrons. The third kappa shape index (κ3) is 2.19. The normalized spacial score (nSPS) is 28.1. The minimum absolute atomic E-state index is 0. The van der Waals surface area contributed by atoms with E-state index in [0.717, 1.165) is 11.3 Å². The van der Waals surface area contributed by atoms with Crippen LogP contribution in [-0.2, 0) is 5.41 Å². The van der Waals surface area contributed by atoms with E-state index in [1.54, 1.807) is 0 Å². The van der Waals surface area contributed by atoms with Gasteiger partial charge in [-0.3, -0.25) is 10.1 Å².